The summed E-state index contributed by atoms with van der Waals surface area (Å²) in [4.78, 5) is 2.23. The number of rotatable bonds is 5. The Labute approximate surface area is 131 Å². The van der Waals surface area contributed by atoms with Crippen LogP contribution in [0.1, 0.15) is 22.1 Å². The zero-order chi connectivity index (χ0) is 14.5. The van der Waals surface area contributed by atoms with Gasteiger partial charge in [0.25, 0.3) is 0 Å². The number of likely N-dealkylation sites (N-methyl/N-ethyl adjacent to an activating group) is 1. The van der Waals surface area contributed by atoms with Crippen molar-refractivity contribution >= 4 is 23.2 Å². The van der Waals surface area contributed by atoms with E-state index in [9.17, 15) is 0 Å². The minimum absolute atomic E-state index is 0.0281. The molecule has 2 aromatic rings. The zero-order valence-electron chi connectivity index (χ0n) is 11.8. The standard InChI is InChI=1S/C17H19Cl2N/c1-13-10-15(8-9-16(13)18)17(19)12-20(2)11-14-6-4-3-5-7-14/h3-10,17H,11-12H2,1-2H3. The summed E-state index contributed by atoms with van der Waals surface area (Å²) in [5.41, 5.74) is 3.49. The Morgan fingerprint density at radius 3 is 2.45 bits per heavy atom. The number of hydrogen-bond donors (Lipinski definition) is 0. The highest BCUT2D eigenvalue weighted by atomic mass is 35.5. The van der Waals surface area contributed by atoms with E-state index < -0.39 is 0 Å². The molecule has 2 aromatic carbocycles. The molecule has 106 valence electrons. The Bertz CT molecular complexity index is 554. The Morgan fingerprint density at radius 2 is 1.80 bits per heavy atom. The molecule has 0 N–H and O–H groups in total. The molecule has 3 heteroatoms. The van der Waals surface area contributed by atoms with Crippen LogP contribution >= 0.6 is 23.2 Å². The van der Waals surface area contributed by atoms with Gasteiger partial charge < -0.3 is 4.90 Å². The first-order chi connectivity index (χ1) is 9.56. The summed E-state index contributed by atoms with van der Waals surface area (Å²) in [6.07, 6.45) is 0. The Balaban J connectivity index is 1.96. The van der Waals surface area contributed by atoms with Crippen molar-refractivity contribution in [2.24, 2.45) is 0 Å². The van der Waals surface area contributed by atoms with Gasteiger partial charge in [-0.15, -0.1) is 11.6 Å². The highest BCUT2D eigenvalue weighted by molar-refractivity contribution is 6.31. The van der Waals surface area contributed by atoms with Gasteiger partial charge in [-0.05, 0) is 36.7 Å². The molecule has 0 bridgehead atoms. The lowest BCUT2D eigenvalue weighted by atomic mass is 10.1. The fourth-order valence-electron chi connectivity index (χ4n) is 2.20. The normalized spacial score (nSPS) is 12.7. The topological polar surface area (TPSA) is 3.24 Å². The maximum absolute atomic E-state index is 6.51. The lowest BCUT2D eigenvalue weighted by Gasteiger charge is -2.20. The lowest BCUT2D eigenvalue weighted by Crippen LogP contribution is -2.22. The van der Waals surface area contributed by atoms with Crippen LogP contribution in [0.2, 0.25) is 5.02 Å². The molecule has 1 nitrogen and oxygen atoms in total. The third-order valence-electron chi connectivity index (χ3n) is 3.31. The maximum Gasteiger partial charge on any atom is 0.0712 e. The van der Waals surface area contributed by atoms with Crippen molar-refractivity contribution in [2.75, 3.05) is 13.6 Å². The van der Waals surface area contributed by atoms with Crippen molar-refractivity contribution in [1.82, 2.24) is 4.90 Å². The molecule has 2 rings (SSSR count). The summed E-state index contributed by atoms with van der Waals surface area (Å²) in [6.45, 7) is 3.71. The van der Waals surface area contributed by atoms with Crippen LogP contribution in [0.15, 0.2) is 48.5 Å². The van der Waals surface area contributed by atoms with Gasteiger partial charge in [0, 0.05) is 18.1 Å². The van der Waals surface area contributed by atoms with Crippen molar-refractivity contribution in [3.05, 3.63) is 70.2 Å². The molecule has 1 unspecified atom stereocenters. The van der Waals surface area contributed by atoms with Crippen LogP contribution in [0.4, 0.5) is 0 Å². The molecule has 0 aliphatic heterocycles. The summed E-state index contributed by atoms with van der Waals surface area (Å²) in [5.74, 6) is 0. The molecule has 0 saturated heterocycles. The summed E-state index contributed by atoms with van der Waals surface area (Å²) in [7, 11) is 2.09. The van der Waals surface area contributed by atoms with Crippen LogP contribution in [-0.2, 0) is 6.54 Å². The van der Waals surface area contributed by atoms with Crippen LogP contribution in [0.5, 0.6) is 0 Å². The summed E-state index contributed by atoms with van der Waals surface area (Å²) >= 11 is 12.6. The monoisotopic (exact) mass is 307 g/mol. The highest BCUT2D eigenvalue weighted by Gasteiger charge is 2.12. The molecule has 0 radical (unpaired) electrons. The van der Waals surface area contributed by atoms with Gasteiger partial charge in [0.05, 0.1) is 5.38 Å². The molecular weight excluding hydrogens is 289 g/mol. The zero-order valence-corrected chi connectivity index (χ0v) is 13.3. The van der Waals surface area contributed by atoms with Crippen LogP contribution in [0.25, 0.3) is 0 Å². The summed E-state index contributed by atoms with van der Waals surface area (Å²) < 4.78 is 0. The second-order valence-electron chi connectivity index (χ2n) is 5.16. The summed E-state index contributed by atoms with van der Waals surface area (Å²) in [5, 5.41) is 0.759. The van der Waals surface area contributed by atoms with Crippen molar-refractivity contribution in [3.8, 4) is 0 Å². The molecular formula is C17H19Cl2N. The SMILES string of the molecule is Cc1cc(C(Cl)CN(C)Cc2ccccc2)ccc1Cl. The molecule has 0 saturated carbocycles. The fourth-order valence-corrected chi connectivity index (χ4v) is 2.69. The van der Waals surface area contributed by atoms with E-state index in [4.69, 9.17) is 23.2 Å². The van der Waals surface area contributed by atoms with Gasteiger partial charge in [0.2, 0.25) is 0 Å². The number of benzene rings is 2. The van der Waals surface area contributed by atoms with Gasteiger partial charge in [-0.2, -0.15) is 0 Å². The van der Waals surface area contributed by atoms with Gasteiger partial charge in [-0.25, -0.2) is 0 Å². The second-order valence-corrected chi connectivity index (χ2v) is 6.09. The van der Waals surface area contributed by atoms with Crippen molar-refractivity contribution in [2.45, 2.75) is 18.8 Å². The first-order valence-corrected chi connectivity index (χ1v) is 7.50. The van der Waals surface area contributed by atoms with E-state index in [1.807, 2.05) is 25.1 Å². The Hall–Kier alpha value is -1.02. The van der Waals surface area contributed by atoms with Crippen molar-refractivity contribution in [1.29, 1.82) is 0 Å². The average molecular weight is 308 g/mol. The van der Waals surface area contributed by atoms with E-state index in [0.717, 1.165) is 29.2 Å². The minimum Gasteiger partial charge on any atom is -0.300 e. The fraction of sp³-hybridized carbons (Fsp3) is 0.294. The Kier molecular flexibility index (Phi) is 5.47. The number of halogens is 2. The highest BCUT2D eigenvalue weighted by Crippen LogP contribution is 2.26. The van der Waals surface area contributed by atoms with Gasteiger partial charge in [-0.3, -0.25) is 0 Å². The molecule has 0 heterocycles. The summed E-state index contributed by atoms with van der Waals surface area (Å²) in [6, 6.07) is 16.4. The molecule has 0 amide bonds. The van der Waals surface area contributed by atoms with Gasteiger partial charge in [0.15, 0.2) is 0 Å². The van der Waals surface area contributed by atoms with Crippen molar-refractivity contribution < 1.29 is 0 Å². The van der Waals surface area contributed by atoms with E-state index >= 15 is 0 Å². The van der Waals surface area contributed by atoms with Crippen LogP contribution in [0, 0.1) is 6.92 Å². The molecule has 0 aliphatic rings. The number of hydrogen-bond acceptors (Lipinski definition) is 1. The molecule has 0 aromatic heterocycles. The number of nitrogens with zero attached hydrogens (tertiary/aromatic N) is 1. The van der Waals surface area contributed by atoms with Crippen LogP contribution < -0.4 is 0 Å². The van der Waals surface area contributed by atoms with E-state index in [-0.39, 0.29) is 5.38 Å². The van der Waals surface area contributed by atoms with E-state index in [1.165, 1.54) is 5.56 Å². The predicted octanol–water partition coefficient (Wildman–Crippen LogP) is 5.06. The second kappa shape index (κ2) is 7.12. The lowest BCUT2D eigenvalue weighted by molar-refractivity contribution is 0.327. The first kappa shape index (κ1) is 15.4. The first-order valence-electron chi connectivity index (χ1n) is 6.69. The van der Waals surface area contributed by atoms with Crippen LogP contribution in [0.3, 0.4) is 0 Å². The third kappa shape index (κ3) is 4.24. The van der Waals surface area contributed by atoms with Gasteiger partial charge in [0.1, 0.15) is 0 Å². The van der Waals surface area contributed by atoms with Crippen molar-refractivity contribution in [3.63, 3.8) is 0 Å². The van der Waals surface area contributed by atoms with Crippen LogP contribution in [-0.4, -0.2) is 18.5 Å². The minimum atomic E-state index is -0.0281. The molecule has 0 spiro atoms. The molecule has 1 atom stereocenters. The smallest absolute Gasteiger partial charge is 0.0712 e. The average Bonchev–Trinajstić information content (AvgIpc) is 2.42. The maximum atomic E-state index is 6.51. The van der Waals surface area contributed by atoms with E-state index in [0.29, 0.717) is 0 Å². The molecule has 0 fully saturated rings. The largest absolute Gasteiger partial charge is 0.300 e. The molecule has 0 aliphatic carbocycles. The van der Waals surface area contributed by atoms with E-state index in [1.54, 1.807) is 0 Å². The molecule has 20 heavy (non-hydrogen) atoms. The number of alkyl halides is 1. The number of aryl methyl sites for hydroxylation is 1. The van der Waals surface area contributed by atoms with Gasteiger partial charge >= 0.3 is 0 Å². The predicted molar refractivity (Wildman–Crippen MR) is 87.6 cm³/mol. The van der Waals surface area contributed by atoms with E-state index in [2.05, 4.69) is 42.3 Å². The van der Waals surface area contributed by atoms with Gasteiger partial charge in [-0.1, -0.05) is 54.1 Å². The third-order valence-corrected chi connectivity index (χ3v) is 4.13. The Morgan fingerprint density at radius 1 is 1.10 bits per heavy atom. The quantitative estimate of drug-likeness (QED) is 0.698.